The second-order valence-electron chi connectivity index (χ2n) is 7.21. The molecule has 0 bridgehead atoms. The Morgan fingerprint density at radius 1 is 0.452 bits per heavy atom. The average Bonchev–Trinajstić information content (AvgIpc) is 2.75. The molecule has 0 nitrogen and oxygen atoms in total. The normalized spacial score (nSPS) is 11.4. The Morgan fingerprint density at radius 2 is 1.16 bits per heavy atom. The first-order chi connectivity index (χ1) is 15.0. The minimum atomic E-state index is -1.03. The first kappa shape index (κ1) is 19.2. The molecule has 0 fully saturated rings. The van der Waals surface area contributed by atoms with Crippen molar-refractivity contribution in [1.82, 2.24) is 0 Å². The van der Waals surface area contributed by atoms with Crippen LogP contribution in [0.4, 0.5) is 22.0 Å². The minimum absolute atomic E-state index is 0.0459. The molecule has 5 heteroatoms. The summed E-state index contributed by atoms with van der Waals surface area (Å²) in [6.45, 7) is 0. The van der Waals surface area contributed by atoms with E-state index in [9.17, 15) is 17.6 Å². The monoisotopic (exact) mass is 420 g/mol. The van der Waals surface area contributed by atoms with Crippen LogP contribution in [0.15, 0.2) is 78.9 Å². The predicted octanol–water partition coefficient (Wildman–Crippen LogP) is 8.02. The fraction of sp³-hybridized carbons (Fsp3) is 0. The summed E-state index contributed by atoms with van der Waals surface area (Å²) in [6, 6.07) is 17.9. The van der Waals surface area contributed by atoms with Gasteiger partial charge in [0.1, 0.15) is 17.5 Å². The molecule has 0 aliphatic rings. The number of rotatable bonds is 2. The number of benzene rings is 5. The van der Waals surface area contributed by atoms with Crippen molar-refractivity contribution in [2.24, 2.45) is 0 Å². The zero-order valence-corrected chi connectivity index (χ0v) is 15.9. The Morgan fingerprint density at radius 3 is 1.87 bits per heavy atom. The van der Waals surface area contributed by atoms with Gasteiger partial charge in [-0.25, -0.2) is 22.0 Å². The highest BCUT2D eigenvalue weighted by Crippen LogP contribution is 2.45. The van der Waals surface area contributed by atoms with Crippen molar-refractivity contribution in [2.75, 3.05) is 0 Å². The maximum atomic E-state index is 15.2. The van der Waals surface area contributed by atoms with Gasteiger partial charge >= 0.3 is 0 Å². The van der Waals surface area contributed by atoms with Crippen molar-refractivity contribution in [2.45, 2.75) is 0 Å². The quantitative estimate of drug-likeness (QED) is 0.200. The summed E-state index contributed by atoms with van der Waals surface area (Å²) >= 11 is 0. The molecule has 0 radical (unpaired) electrons. The van der Waals surface area contributed by atoms with Gasteiger partial charge in [-0.1, -0.05) is 42.5 Å². The lowest BCUT2D eigenvalue weighted by atomic mass is 9.85. The van der Waals surface area contributed by atoms with E-state index in [1.54, 1.807) is 30.3 Å². The van der Waals surface area contributed by atoms with Crippen LogP contribution in [0.2, 0.25) is 0 Å². The predicted molar refractivity (Wildman–Crippen MR) is 112 cm³/mol. The molecule has 0 heterocycles. The molecule has 5 rings (SSSR count). The molecule has 5 aromatic rings. The second-order valence-corrected chi connectivity index (χ2v) is 7.21. The Labute approximate surface area is 174 Å². The molecule has 0 amide bonds. The van der Waals surface area contributed by atoms with E-state index in [0.29, 0.717) is 27.3 Å². The van der Waals surface area contributed by atoms with Crippen LogP contribution in [0.3, 0.4) is 0 Å². The van der Waals surface area contributed by atoms with Crippen LogP contribution in [0.1, 0.15) is 0 Å². The standard InChI is InChI=1S/C26H13F5/c27-15-9-10-18(22(30)13-15)25-17-5-2-1-4-16(17)24(14-8-11-20(28)23(31)12-14)19-6-3-7-21(29)26(19)25/h1-13H. The van der Waals surface area contributed by atoms with E-state index >= 15 is 4.39 Å². The van der Waals surface area contributed by atoms with Crippen LogP contribution in [0, 0.1) is 29.1 Å². The van der Waals surface area contributed by atoms with Crippen LogP contribution < -0.4 is 0 Å². The molecule has 152 valence electrons. The molecule has 0 aromatic heterocycles. The van der Waals surface area contributed by atoms with Crippen LogP contribution in [0.5, 0.6) is 0 Å². The molecule has 0 saturated heterocycles. The Kier molecular flexibility index (Phi) is 4.47. The molecule has 0 N–H and O–H groups in total. The van der Waals surface area contributed by atoms with Crippen LogP contribution in [0.25, 0.3) is 43.8 Å². The van der Waals surface area contributed by atoms with Gasteiger partial charge in [-0.15, -0.1) is 0 Å². The SMILES string of the molecule is Fc1ccc(-c2c3ccccc3c(-c3ccc(F)c(F)c3)c3cccc(F)c23)c(F)c1. The van der Waals surface area contributed by atoms with E-state index in [0.717, 1.165) is 24.3 Å². The van der Waals surface area contributed by atoms with E-state index in [1.165, 1.54) is 24.3 Å². The van der Waals surface area contributed by atoms with Gasteiger partial charge in [0, 0.05) is 22.6 Å². The third kappa shape index (κ3) is 3.05. The van der Waals surface area contributed by atoms with E-state index in [-0.39, 0.29) is 16.5 Å². The topological polar surface area (TPSA) is 0 Å². The van der Waals surface area contributed by atoms with Gasteiger partial charge in [0.15, 0.2) is 11.6 Å². The summed E-state index contributed by atoms with van der Waals surface area (Å²) in [5, 5.41) is 1.63. The lowest BCUT2D eigenvalue weighted by Crippen LogP contribution is -1.96. The van der Waals surface area contributed by atoms with E-state index < -0.39 is 29.1 Å². The highest BCUT2D eigenvalue weighted by Gasteiger charge is 2.21. The van der Waals surface area contributed by atoms with Crippen molar-refractivity contribution in [3.8, 4) is 22.3 Å². The van der Waals surface area contributed by atoms with Crippen molar-refractivity contribution in [3.63, 3.8) is 0 Å². The molecular formula is C26H13F5. The average molecular weight is 420 g/mol. The number of fused-ring (bicyclic) bond motifs is 2. The molecule has 31 heavy (non-hydrogen) atoms. The molecule has 0 atom stereocenters. The summed E-state index contributed by atoms with van der Waals surface area (Å²) in [4.78, 5) is 0. The maximum absolute atomic E-state index is 15.2. The number of halogens is 5. The largest absolute Gasteiger partial charge is 0.207 e. The third-order valence-corrected chi connectivity index (χ3v) is 5.41. The summed E-state index contributed by atoms with van der Waals surface area (Å²) in [5.74, 6) is -4.19. The lowest BCUT2D eigenvalue weighted by molar-refractivity contribution is 0.509. The number of hydrogen-bond acceptors (Lipinski definition) is 0. The fourth-order valence-electron chi connectivity index (χ4n) is 4.12. The molecule has 0 aliphatic heterocycles. The Bertz CT molecular complexity index is 1490. The van der Waals surface area contributed by atoms with E-state index in [2.05, 4.69) is 0 Å². The molecule has 0 unspecified atom stereocenters. The Balaban J connectivity index is 2.02. The van der Waals surface area contributed by atoms with Gasteiger partial charge in [0.25, 0.3) is 0 Å². The van der Waals surface area contributed by atoms with Crippen molar-refractivity contribution in [1.29, 1.82) is 0 Å². The molecule has 5 aromatic carbocycles. The van der Waals surface area contributed by atoms with Crippen LogP contribution in [-0.2, 0) is 0 Å². The zero-order chi connectivity index (χ0) is 21.7. The van der Waals surface area contributed by atoms with Gasteiger partial charge in [0.2, 0.25) is 0 Å². The van der Waals surface area contributed by atoms with E-state index in [1.807, 2.05) is 0 Å². The smallest absolute Gasteiger partial charge is 0.159 e. The van der Waals surface area contributed by atoms with Crippen LogP contribution >= 0.6 is 0 Å². The highest BCUT2D eigenvalue weighted by atomic mass is 19.2. The summed E-state index contributed by atoms with van der Waals surface area (Å²) in [5.41, 5.74) is 1.17. The van der Waals surface area contributed by atoms with Crippen molar-refractivity contribution >= 4 is 21.5 Å². The maximum Gasteiger partial charge on any atom is 0.159 e. The number of hydrogen-bond donors (Lipinski definition) is 0. The molecule has 0 aliphatic carbocycles. The summed E-state index contributed by atoms with van der Waals surface area (Å²) < 4.78 is 71.1. The third-order valence-electron chi connectivity index (χ3n) is 5.41. The van der Waals surface area contributed by atoms with Gasteiger partial charge in [-0.3, -0.25) is 0 Å². The summed E-state index contributed by atoms with van der Waals surface area (Å²) in [7, 11) is 0. The molecular weight excluding hydrogens is 407 g/mol. The van der Waals surface area contributed by atoms with E-state index in [4.69, 9.17) is 0 Å². The first-order valence-electron chi connectivity index (χ1n) is 9.49. The second kappa shape index (κ2) is 7.20. The molecule has 0 saturated carbocycles. The van der Waals surface area contributed by atoms with Crippen molar-refractivity contribution in [3.05, 3.63) is 108 Å². The van der Waals surface area contributed by atoms with Gasteiger partial charge < -0.3 is 0 Å². The molecule has 0 spiro atoms. The zero-order valence-electron chi connectivity index (χ0n) is 15.9. The minimum Gasteiger partial charge on any atom is -0.207 e. The van der Waals surface area contributed by atoms with Crippen LogP contribution in [-0.4, -0.2) is 0 Å². The van der Waals surface area contributed by atoms with Gasteiger partial charge in [-0.2, -0.15) is 0 Å². The van der Waals surface area contributed by atoms with Crippen molar-refractivity contribution < 1.29 is 22.0 Å². The first-order valence-corrected chi connectivity index (χ1v) is 9.49. The lowest BCUT2D eigenvalue weighted by Gasteiger charge is -2.18. The Hall–Kier alpha value is -3.73. The summed E-state index contributed by atoms with van der Waals surface area (Å²) in [6.07, 6.45) is 0. The van der Waals surface area contributed by atoms with Gasteiger partial charge in [0.05, 0.1) is 0 Å². The fourth-order valence-corrected chi connectivity index (χ4v) is 4.12. The van der Waals surface area contributed by atoms with Gasteiger partial charge in [-0.05, 0) is 57.6 Å². The highest BCUT2D eigenvalue weighted by molar-refractivity contribution is 6.21.